The van der Waals surface area contributed by atoms with Crippen molar-refractivity contribution >= 4 is 18.5 Å². The summed E-state index contributed by atoms with van der Waals surface area (Å²) in [5.74, 6) is -1.35. The van der Waals surface area contributed by atoms with Gasteiger partial charge in [0.1, 0.15) is 5.82 Å². The number of carbonyl (C=O) groups excluding carboxylic acids is 1. The highest BCUT2D eigenvalue weighted by atomic mass is 19.1. The number of hydrogen-bond donors (Lipinski definition) is 3. The fourth-order valence-electron chi connectivity index (χ4n) is 1.98. The molecule has 0 saturated heterocycles. The second kappa shape index (κ2) is 6.52. The van der Waals surface area contributed by atoms with Gasteiger partial charge < -0.3 is 15.4 Å². The monoisotopic (exact) mass is 287 g/mol. The van der Waals surface area contributed by atoms with Crippen molar-refractivity contribution in [1.29, 1.82) is 0 Å². The van der Waals surface area contributed by atoms with Crippen LogP contribution in [0.4, 0.5) is 4.39 Å². The molecular weight excluding hydrogens is 272 g/mol. The summed E-state index contributed by atoms with van der Waals surface area (Å²) in [6.45, 7) is 1.80. The lowest BCUT2D eigenvalue weighted by atomic mass is 9.80. The maximum atomic E-state index is 13.8. The van der Waals surface area contributed by atoms with Gasteiger partial charge in [-0.1, -0.05) is 36.4 Å². The van der Waals surface area contributed by atoms with Gasteiger partial charge in [0.2, 0.25) is 0 Å². The van der Waals surface area contributed by atoms with E-state index in [1.807, 2.05) is 30.3 Å². The number of nitrogens with one attached hydrogen (secondary N) is 1. The Balaban J connectivity index is 2.14. The summed E-state index contributed by atoms with van der Waals surface area (Å²) >= 11 is 0. The number of benzene rings is 2. The number of amides is 1. The zero-order valence-electron chi connectivity index (χ0n) is 11.5. The summed E-state index contributed by atoms with van der Waals surface area (Å²) in [4.78, 5) is 12.1. The molecule has 4 nitrogen and oxygen atoms in total. The third-order valence-electron chi connectivity index (χ3n) is 3.18. The SMILES string of the molecule is CC(NC(=O)c1ccc(B(O)O)cc1F)c1ccccc1. The zero-order valence-corrected chi connectivity index (χ0v) is 11.5. The van der Waals surface area contributed by atoms with Crippen molar-refractivity contribution in [2.45, 2.75) is 13.0 Å². The fraction of sp³-hybridized carbons (Fsp3) is 0.133. The Morgan fingerprint density at radius 3 is 2.43 bits per heavy atom. The van der Waals surface area contributed by atoms with Crippen molar-refractivity contribution in [2.24, 2.45) is 0 Å². The van der Waals surface area contributed by atoms with Crippen molar-refractivity contribution in [3.8, 4) is 0 Å². The Morgan fingerprint density at radius 2 is 1.86 bits per heavy atom. The molecule has 0 aromatic heterocycles. The van der Waals surface area contributed by atoms with Gasteiger partial charge in [0, 0.05) is 0 Å². The van der Waals surface area contributed by atoms with Crippen LogP contribution in [0.1, 0.15) is 28.9 Å². The maximum Gasteiger partial charge on any atom is 0.488 e. The van der Waals surface area contributed by atoms with Crippen LogP contribution in [0.15, 0.2) is 48.5 Å². The Morgan fingerprint density at radius 1 is 1.19 bits per heavy atom. The minimum absolute atomic E-state index is 0.000146. The van der Waals surface area contributed by atoms with Gasteiger partial charge in [0.05, 0.1) is 11.6 Å². The highest BCUT2D eigenvalue weighted by Crippen LogP contribution is 2.13. The first-order chi connectivity index (χ1) is 9.99. The normalized spacial score (nSPS) is 11.8. The van der Waals surface area contributed by atoms with E-state index in [-0.39, 0.29) is 17.1 Å². The first kappa shape index (κ1) is 15.2. The summed E-state index contributed by atoms with van der Waals surface area (Å²) in [6, 6.07) is 12.5. The van der Waals surface area contributed by atoms with Crippen LogP contribution >= 0.6 is 0 Å². The minimum atomic E-state index is -1.76. The molecule has 0 fully saturated rings. The molecular formula is C15H15BFNO3. The average molecular weight is 287 g/mol. The molecule has 0 aliphatic heterocycles. The molecule has 0 bridgehead atoms. The van der Waals surface area contributed by atoms with E-state index in [4.69, 9.17) is 10.0 Å². The lowest BCUT2D eigenvalue weighted by Crippen LogP contribution is -2.32. The highest BCUT2D eigenvalue weighted by molar-refractivity contribution is 6.58. The van der Waals surface area contributed by atoms with E-state index >= 15 is 0 Å². The molecule has 2 aromatic carbocycles. The predicted octanol–water partition coefficient (Wildman–Crippen LogP) is 0.997. The Labute approximate surface area is 122 Å². The number of carbonyl (C=O) groups is 1. The molecule has 0 radical (unpaired) electrons. The van der Waals surface area contributed by atoms with Gasteiger partial charge in [-0.3, -0.25) is 4.79 Å². The molecule has 6 heteroatoms. The van der Waals surface area contributed by atoms with Crippen LogP contribution in [0.2, 0.25) is 0 Å². The molecule has 2 aromatic rings. The molecule has 1 amide bonds. The molecule has 0 aliphatic carbocycles. The molecule has 1 atom stereocenters. The van der Waals surface area contributed by atoms with Crippen LogP contribution in [0.25, 0.3) is 0 Å². The molecule has 0 aliphatic rings. The maximum absolute atomic E-state index is 13.8. The van der Waals surface area contributed by atoms with Gasteiger partial charge >= 0.3 is 7.12 Å². The van der Waals surface area contributed by atoms with Crippen molar-refractivity contribution in [1.82, 2.24) is 5.32 Å². The van der Waals surface area contributed by atoms with E-state index in [1.165, 1.54) is 12.1 Å². The average Bonchev–Trinajstić information content (AvgIpc) is 2.47. The first-order valence-corrected chi connectivity index (χ1v) is 6.50. The van der Waals surface area contributed by atoms with E-state index in [9.17, 15) is 9.18 Å². The van der Waals surface area contributed by atoms with Gasteiger partial charge in [-0.05, 0) is 30.1 Å². The largest absolute Gasteiger partial charge is 0.488 e. The van der Waals surface area contributed by atoms with Gasteiger partial charge in [-0.2, -0.15) is 0 Å². The topological polar surface area (TPSA) is 69.6 Å². The van der Waals surface area contributed by atoms with Crippen molar-refractivity contribution in [2.75, 3.05) is 0 Å². The molecule has 1 unspecified atom stereocenters. The third kappa shape index (κ3) is 3.68. The smallest absolute Gasteiger partial charge is 0.423 e. The van der Waals surface area contributed by atoms with Crippen LogP contribution in [-0.2, 0) is 0 Å². The lowest BCUT2D eigenvalue weighted by Gasteiger charge is -2.15. The zero-order chi connectivity index (χ0) is 15.4. The fourth-order valence-corrected chi connectivity index (χ4v) is 1.98. The van der Waals surface area contributed by atoms with Crippen LogP contribution in [0, 0.1) is 5.82 Å². The van der Waals surface area contributed by atoms with Crippen molar-refractivity contribution in [3.05, 3.63) is 65.5 Å². The van der Waals surface area contributed by atoms with Crippen LogP contribution in [0.5, 0.6) is 0 Å². The standard InChI is InChI=1S/C15H15BFNO3/c1-10(11-5-3-2-4-6-11)18-15(19)13-8-7-12(16(20)21)9-14(13)17/h2-10,20-21H,1H3,(H,18,19). The van der Waals surface area contributed by atoms with E-state index in [0.717, 1.165) is 11.6 Å². The molecule has 0 spiro atoms. The highest BCUT2D eigenvalue weighted by Gasteiger charge is 2.18. The summed E-state index contributed by atoms with van der Waals surface area (Å²) < 4.78 is 13.8. The first-order valence-electron chi connectivity index (χ1n) is 6.50. The summed E-state index contributed by atoms with van der Waals surface area (Å²) in [7, 11) is -1.76. The Kier molecular flexibility index (Phi) is 4.72. The molecule has 2 rings (SSSR count). The molecule has 0 saturated carbocycles. The van der Waals surface area contributed by atoms with Crippen LogP contribution < -0.4 is 10.8 Å². The van der Waals surface area contributed by atoms with E-state index in [0.29, 0.717) is 0 Å². The second-order valence-electron chi connectivity index (χ2n) is 4.72. The third-order valence-corrected chi connectivity index (χ3v) is 3.18. The summed E-state index contributed by atoms with van der Waals surface area (Å²) in [6.07, 6.45) is 0. The second-order valence-corrected chi connectivity index (χ2v) is 4.72. The van der Waals surface area contributed by atoms with Crippen LogP contribution in [0.3, 0.4) is 0 Å². The van der Waals surface area contributed by atoms with Crippen LogP contribution in [-0.4, -0.2) is 23.1 Å². The molecule has 108 valence electrons. The van der Waals surface area contributed by atoms with Gasteiger partial charge in [0.25, 0.3) is 5.91 Å². The van der Waals surface area contributed by atoms with Crippen molar-refractivity contribution < 1.29 is 19.2 Å². The lowest BCUT2D eigenvalue weighted by molar-refractivity contribution is 0.0936. The van der Waals surface area contributed by atoms with Gasteiger partial charge in [0.15, 0.2) is 0 Å². The number of halogens is 1. The summed E-state index contributed by atoms with van der Waals surface area (Å²) in [5.41, 5.74) is 0.774. The number of hydrogen-bond acceptors (Lipinski definition) is 3. The number of rotatable bonds is 4. The predicted molar refractivity (Wildman–Crippen MR) is 78.5 cm³/mol. The molecule has 3 N–H and O–H groups in total. The van der Waals surface area contributed by atoms with E-state index in [2.05, 4.69) is 5.32 Å². The molecule has 0 heterocycles. The van der Waals surface area contributed by atoms with E-state index in [1.54, 1.807) is 6.92 Å². The molecule has 21 heavy (non-hydrogen) atoms. The summed E-state index contributed by atoms with van der Waals surface area (Å²) in [5, 5.41) is 20.6. The Bertz CT molecular complexity index is 634. The quantitative estimate of drug-likeness (QED) is 0.735. The van der Waals surface area contributed by atoms with E-state index < -0.39 is 18.8 Å². The van der Waals surface area contributed by atoms with Gasteiger partial charge in [-0.15, -0.1) is 0 Å². The van der Waals surface area contributed by atoms with Crippen molar-refractivity contribution in [3.63, 3.8) is 0 Å². The Hall–Kier alpha value is -2.18. The minimum Gasteiger partial charge on any atom is -0.423 e. The van der Waals surface area contributed by atoms with Gasteiger partial charge in [-0.25, -0.2) is 4.39 Å².